The summed E-state index contributed by atoms with van der Waals surface area (Å²) in [6, 6.07) is 6.24. The molecular formula is C18H21N5O. The van der Waals surface area contributed by atoms with E-state index in [0.29, 0.717) is 17.6 Å². The number of nitrogens with zero attached hydrogens (tertiary/aromatic N) is 3. The zero-order chi connectivity index (χ0) is 16.6. The van der Waals surface area contributed by atoms with Crippen molar-refractivity contribution in [3.8, 4) is 11.9 Å². The van der Waals surface area contributed by atoms with Crippen molar-refractivity contribution in [3.05, 3.63) is 24.0 Å². The Kier molecular flexibility index (Phi) is 3.73. The molecule has 6 heteroatoms. The second kappa shape index (κ2) is 5.91. The first-order valence-electron chi connectivity index (χ1n) is 8.52. The summed E-state index contributed by atoms with van der Waals surface area (Å²) in [6.45, 7) is 4.11. The lowest BCUT2D eigenvalue weighted by molar-refractivity contribution is 0.194. The van der Waals surface area contributed by atoms with Crippen molar-refractivity contribution in [1.82, 2.24) is 15.3 Å². The smallest absolute Gasteiger partial charge is 0.223 e. The van der Waals surface area contributed by atoms with E-state index in [1.54, 1.807) is 12.3 Å². The van der Waals surface area contributed by atoms with E-state index < -0.39 is 0 Å². The highest BCUT2D eigenvalue weighted by Crippen LogP contribution is 2.41. The van der Waals surface area contributed by atoms with Crippen molar-refractivity contribution < 1.29 is 4.74 Å². The molecule has 0 radical (unpaired) electrons. The minimum absolute atomic E-state index is 0.141. The van der Waals surface area contributed by atoms with Gasteiger partial charge in [-0.1, -0.05) is 0 Å². The van der Waals surface area contributed by atoms with Gasteiger partial charge in [0.25, 0.3) is 0 Å². The average Bonchev–Trinajstić information content (AvgIpc) is 3.33. The second-order valence-corrected chi connectivity index (χ2v) is 6.95. The molecule has 6 nitrogen and oxygen atoms in total. The van der Waals surface area contributed by atoms with Crippen LogP contribution in [0.4, 0.5) is 5.82 Å². The summed E-state index contributed by atoms with van der Waals surface area (Å²) >= 11 is 0. The van der Waals surface area contributed by atoms with Crippen LogP contribution in [0.3, 0.4) is 0 Å². The predicted molar refractivity (Wildman–Crippen MR) is 92.0 cm³/mol. The van der Waals surface area contributed by atoms with Crippen LogP contribution in [-0.4, -0.2) is 34.7 Å². The fourth-order valence-electron chi connectivity index (χ4n) is 3.03. The Bertz CT molecular complexity index is 803. The molecule has 2 aromatic heterocycles. The zero-order valence-electron chi connectivity index (χ0n) is 13.8. The summed E-state index contributed by atoms with van der Waals surface area (Å²) in [7, 11) is 0. The number of anilines is 1. The molecule has 4 rings (SSSR count). The topological polar surface area (TPSA) is 82.9 Å². The summed E-state index contributed by atoms with van der Waals surface area (Å²) < 4.78 is 6.08. The normalized spacial score (nSPS) is 21.9. The molecule has 1 atom stereocenters. The van der Waals surface area contributed by atoms with Crippen molar-refractivity contribution >= 4 is 16.6 Å². The Morgan fingerprint density at radius 1 is 1.42 bits per heavy atom. The van der Waals surface area contributed by atoms with E-state index in [9.17, 15) is 5.26 Å². The SMILES string of the molecule is CC1(Oc2nc(C#N)cc3cnc(N[C@H]4CCCNC4)cc23)CC1. The summed E-state index contributed by atoms with van der Waals surface area (Å²) in [4.78, 5) is 8.88. The molecule has 1 aliphatic heterocycles. The van der Waals surface area contributed by atoms with Crippen molar-refractivity contribution in [2.45, 2.75) is 44.2 Å². The van der Waals surface area contributed by atoms with Crippen molar-refractivity contribution in [2.24, 2.45) is 0 Å². The molecule has 3 heterocycles. The Morgan fingerprint density at radius 3 is 3.00 bits per heavy atom. The number of nitrogens with one attached hydrogen (secondary N) is 2. The number of ether oxygens (including phenoxy) is 1. The van der Waals surface area contributed by atoms with Gasteiger partial charge in [-0.05, 0) is 51.3 Å². The van der Waals surface area contributed by atoms with Gasteiger partial charge in [0.05, 0.1) is 0 Å². The Morgan fingerprint density at radius 2 is 2.29 bits per heavy atom. The number of pyridine rings is 2. The monoisotopic (exact) mass is 323 g/mol. The summed E-state index contributed by atoms with van der Waals surface area (Å²) in [5.41, 5.74) is 0.221. The molecule has 0 bridgehead atoms. The Balaban J connectivity index is 1.68. The highest BCUT2D eigenvalue weighted by Gasteiger charge is 2.41. The fraction of sp³-hybridized carbons (Fsp3) is 0.500. The van der Waals surface area contributed by atoms with Crippen LogP contribution in [0.1, 0.15) is 38.3 Å². The molecule has 1 saturated heterocycles. The van der Waals surface area contributed by atoms with Crippen LogP contribution in [0, 0.1) is 11.3 Å². The van der Waals surface area contributed by atoms with Crippen molar-refractivity contribution in [1.29, 1.82) is 5.26 Å². The Labute approximate surface area is 141 Å². The van der Waals surface area contributed by atoms with Crippen LogP contribution in [0.2, 0.25) is 0 Å². The van der Waals surface area contributed by atoms with Crippen molar-refractivity contribution in [3.63, 3.8) is 0 Å². The van der Waals surface area contributed by atoms with Gasteiger partial charge in [0.15, 0.2) is 0 Å². The standard InChI is InChI=1S/C18H21N5O/c1-18(4-5-18)24-17-15-8-16(22-13-3-2-6-20-11-13)21-10-12(15)7-14(9-19)23-17/h7-8,10,13,20H,2-6,11H2,1H3,(H,21,22)/t13-/m0/s1. The number of aromatic nitrogens is 2. The average molecular weight is 323 g/mol. The van der Waals surface area contributed by atoms with Crippen LogP contribution in [0.5, 0.6) is 5.88 Å². The van der Waals surface area contributed by atoms with Gasteiger partial charge >= 0.3 is 0 Å². The lowest BCUT2D eigenvalue weighted by Gasteiger charge is -2.24. The van der Waals surface area contributed by atoms with Crippen LogP contribution in [0.15, 0.2) is 18.3 Å². The number of piperidine rings is 1. The number of fused-ring (bicyclic) bond motifs is 1. The first-order chi connectivity index (χ1) is 11.6. The molecule has 124 valence electrons. The van der Waals surface area contributed by atoms with E-state index in [2.05, 4.69) is 33.6 Å². The van der Waals surface area contributed by atoms with Crippen LogP contribution in [-0.2, 0) is 0 Å². The van der Waals surface area contributed by atoms with Crippen LogP contribution >= 0.6 is 0 Å². The molecule has 0 unspecified atom stereocenters. The van der Waals surface area contributed by atoms with Gasteiger partial charge in [-0.25, -0.2) is 9.97 Å². The lowest BCUT2D eigenvalue weighted by Crippen LogP contribution is -2.38. The van der Waals surface area contributed by atoms with Gasteiger partial charge in [0, 0.05) is 29.6 Å². The molecule has 2 aliphatic rings. The summed E-state index contributed by atoms with van der Waals surface area (Å²) in [5.74, 6) is 1.37. The van der Waals surface area contributed by atoms with E-state index in [4.69, 9.17) is 4.74 Å². The van der Waals surface area contributed by atoms with E-state index in [0.717, 1.165) is 48.9 Å². The van der Waals surface area contributed by atoms with E-state index in [-0.39, 0.29) is 5.60 Å². The minimum Gasteiger partial charge on any atom is -0.471 e. The van der Waals surface area contributed by atoms with Gasteiger partial charge < -0.3 is 15.4 Å². The summed E-state index contributed by atoms with van der Waals surface area (Å²) in [6.07, 6.45) is 6.15. The highest BCUT2D eigenvalue weighted by atomic mass is 16.5. The largest absolute Gasteiger partial charge is 0.471 e. The quantitative estimate of drug-likeness (QED) is 0.900. The van der Waals surface area contributed by atoms with E-state index in [1.165, 1.54) is 6.42 Å². The molecule has 2 N–H and O–H groups in total. The molecule has 2 aromatic rings. The van der Waals surface area contributed by atoms with Gasteiger partial charge in [-0.15, -0.1) is 0 Å². The lowest BCUT2D eigenvalue weighted by atomic mass is 10.1. The minimum atomic E-state index is -0.141. The number of rotatable bonds is 4. The molecule has 0 amide bonds. The second-order valence-electron chi connectivity index (χ2n) is 6.95. The first-order valence-corrected chi connectivity index (χ1v) is 8.52. The number of nitriles is 1. The fourth-order valence-corrected chi connectivity index (χ4v) is 3.03. The van der Waals surface area contributed by atoms with Crippen LogP contribution in [0.25, 0.3) is 10.8 Å². The highest BCUT2D eigenvalue weighted by molar-refractivity contribution is 5.89. The number of hydrogen-bond acceptors (Lipinski definition) is 6. The maximum atomic E-state index is 9.20. The van der Waals surface area contributed by atoms with E-state index in [1.807, 2.05) is 6.07 Å². The van der Waals surface area contributed by atoms with Gasteiger partial charge in [0.2, 0.25) is 5.88 Å². The predicted octanol–water partition coefficient (Wildman–Crippen LogP) is 2.60. The first kappa shape index (κ1) is 15.2. The molecule has 0 spiro atoms. The maximum Gasteiger partial charge on any atom is 0.223 e. The molecule has 0 aromatic carbocycles. The third-order valence-corrected chi connectivity index (χ3v) is 4.74. The van der Waals surface area contributed by atoms with Crippen molar-refractivity contribution in [2.75, 3.05) is 18.4 Å². The molecule has 1 aliphatic carbocycles. The van der Waals surface area contributed by atoms with Gasteiger partial charge in [-0.2, -0.15) is 5.26 Å². The zero-order valence-corrected chi connectivity index (χ0v) is 13.8. The van der Waals surface area contributed by atoms with Gasteiger partial charge in [0.1, 0.15) is 23.2 Å². The third kappa shape index (κ3) is 3.13. The van der Waals surface area contributed by atoms with Crippen LogP contribution < -0.4 is 15.4 Å². The molecule has 1 saturated carbocycles. The third-order valence-electron chi connectivity index (χ3n) is 4.74. The molecule has 2 fully saturated rings. The summed E-state index contributed by atoms with van der Waals surface area (Å²) in [5, 5.41) is 17.9. The molecule has 24 heavy (non-hydrogen) atoms. The maximum absolute atomic E-state index is 9.20. The van der Waals surface area contributed by atoms with E-state index >= 15 is 0 Å². The molecular weight excluding hydrogens is 302 g/mol. The Hall–Kier alpha value is -2.39. The van der Waals surface area contributed by atoms with Gasteiger partial charge in [-0.3, -0.25) is 0 Å². The number of hydrogen-bond donors (Lipinski definition) is 2.